The van der Waals surface area contributed by atoms with Gasteiger partial charge in [-0.15, -0.1) is 0 Å². The first-order chi connectivity index (χ1) is 11.6. The largest absolute Gasteiger partial charge is 0.458 e. The molecule has 0 aromatic rings. The van der Waals surface area contributed by atoms with Gasteiger partial charge >= 0.3 is 21.3 Å². The fraction of sp³-hybridized carbons (Fsp3) is 0.929. The second-order valence-corrected chi connectivity index (χ2v) is 7.67. The molecule has 1 heterocycles. The summed E-state index contributed by atoms with van der Waals surface area (Å²) in [5.41, 5.74) is 0. The van der Waals surface area contributed by atoms with Crippen molar-refractivity contribution in [3.63, 3.8) is 0 Å². The van der Waals surface area contributed by atoms with Crippen molar-refractivity contribution in [1.29, 1.82) is 0 Å². The van der Waals surface area contributed by atoms with Crippen molar-refractivity contribution in [2.75, 3.05) is 26.4 Å². The van der Waals surface area contributed by atoms with Gasteiger partial charge in [0.05, 0.1) is 26.2 Å². The monoisotopic (exact) mass is 388 g/mol. The molecule has 1 saturated heterocycles. The zero-order valence-corrected chi connectivity index (χ0v) is 14.4. The number of hydrogen-bond donors (Lipinski definition) is 1. The van der Waals surface area contributed by atoms with Crippen molar-refractivity contribution in [3.8, 4) is 0 Å². The summed E-state index contributed by atoms with van der Waals surface area (Å²) in [7, 11) is -5.62. The van der Waals surface area contributed by atoms with Gasteiger partial charge in [-0.25, -0.2) is 0 Å². The van der Waals surface area contributed by atoms with Gasteiger partial charge in [0.15, 0.2) is 12.4 Å². The quantitative estimate of drug-likeness (QED) is 0.379. The predicted octanol–water partition coefficient (Wildman–Crippen LogP) is 1.49. The Bertz CT molecular complexity index is 559. The molecule has 0 aromatic heterocycles. The summed E-state index contributed by atoms with van der Waals surface area (Å²) in [4.78, 5) is 11.3. The number of rotatable bonds is 8. The van der Waals surface area contributed by atoms with Gasteiger partial charge < -0.3 is 18.9 Å². The van der Waals surface area contributed by atoms with Gasteiger partial charge in [-0.3, -0.25) is 9.35 Å². The van der Waals surface area contributed by atoms with Crippen LogP contribution in [-0.2, 0) is 33.9 Å². The molecular formula is C14H22F2O8S. The zero-order chi connectivity index (χ0) is 18.6. The summed E-state index contributed by atoms with van der Waals surface area (Å²) in [6.45, 7) is -1.25. The van der Waals surface area contributed by atoms with Gasteiger partial charge in [0.25, 0.3) is 0 Å². The Morgan fingerprint density at radius 2 is 1.96 bits per heavy atom. The highest BCUT2D eigenvalue weighted by Gasteiger charge is 2.45. The lowest BCUT2D eigenvalue weighted by Gasteiger charge is -2.31. The van der Waals surface area contributed by atoms with Crippen LogP contribution in [0.15, 0.2) is 0 Å². The Balaban J connectivity index is 1.59. The van der Waals surface area contributed by atoms with Crippen LogP contribution in [0.2, 0.25) is 0 Å². The number of hydrogen-bond acceptors (Lipinski definition) is 7. The third-order valence-electron chi connectivity index (χ3n) is 4.06. The average Bonchev–Trinajstić information content (AvgIpc) is 2.92. The third-order valence-corrected chi connectivity index (χ3v) is 4.93. The third kappa shape index (κ3) is 5.81. The van der Waals surface area contributed by atoms with Crippen LogP contribution in [0, 0.1) is 0 Å². The fourth-order valence-corrected chi connectivity index (χ4v) is 2.94. The molecule has 1 spiro atoms. The number of esters is 1. The van der Waals surface area contributed by atoms with Crippen LogP contribution in [0.1, 0.15) is 38.5 Å². The molecule has 11 heteroatoms. The smallest absolute Gasteiger partial charge is 0.402 e. The Labute approximate surface area is 144 Å². The first kappa shape index (κ1) is 20.4. The highest BCUT2D eigenvalue weighted by atomic mass is 32.2. The van der Waals surface area contributed by atoms with Gasteiger partial charge in [-0.1, -0.05) is 6.42 Å². The van der Waals surface area contributed by atoms with E-state index >= 15 is 0 Å². The van der Waals surface area contributed by atoms with Crippen LogP contribution in [0.3, 0.4) is 0 Å². The van der Waals surface area contributed by atoms with Gasteiger partial charge in [0.1, 0.15) is 6.10 Å². The number of carbonyl (C=O) groups is 1. The van der Waals surface area contributed by atoms with Crippen LogP contribution in [0.25, 0.3) is 0 Å². The van der Waals surface area contributed by atoms with E-state index < -0.39 is 33.7 Å². The molecule has 0 radical (unpaired) electrons. The molecule has 8 nitrogen and oxygen atoms in total. The molecule has 2 rings (SSSR count). The lowest BCUT2D eigenvalue weighted by Crippen LogP contribution is -2.34. The van der Waals surface area contributed by atoms with E-state index in [-0.39, 0.29) is 25.7 Å². The molecular weight excluding hydrogens is 366 g/mol. The molecule has 0 amide bonds. The molecule has 2 aliphatic rings. The van der Waals surface area contributed by atoms with Gasteiger partial charge in [-0.2, -0.15) is 17.2 Å². The number of ether oxygens (including phenoxy) is 4. The van der Waals surface area contributed by atoms with Gasteiger partial charge in [0, 0.05) is 12.8 Å². The van der Waals surface area contributed by atoms with Crippen molar-refractivity contribution < 1.29 is 45.5 Å². The summed E-state index contributed by atoms with van der Waals surface area (Å²) in [5, 5.41) is -4.53. The summed E-state index contributed by atoms with van der Waals surface area (Å²) < 4.78 is 75.8. The molecule has 1 saturated carbocycles. The van der Waals surface area contributed by atoms with E-state index in [1.807, 2.05) is 0 Å². The maximum atomic E-state index is 12.9. The van der Waals surface area contributed by atoms with E-state index in [1.165, 1.54) is 0 Å². The summed E-state index contributed by atoms with van der Waals surface area (Å²) >= 11 is 0. The second-order valence-electron chi connectivity index (χ2n) is 6.12. The zero-order valence-electron chi connectivity index (χ0n) is 13.6. The van der Waals surface area contributed by atoms with Crippen LogP contribution < -0.4 is 0 Å². The van der Waals surface area contributed by atoms with Crippen molar-refractivity contribution in [1.82, 2.24) is 0 Å². The Morgan fingerprint density at radius 1 is 1.28 bits per heavy atom. The molecule has 0 aromatic carbocycles. The highest BCUT2D eigenvalue weighted by molar-refractivity contribution is 7.86. The molecule has 0 bridgehead atoms. The van der Waals surface area contributed by atoms with Crippen molar-refractivity contribution in [2.45, 2.75) is 55.7 Å². The Hall–Kier alpha value is -0.880. The molecule has 1 unspecified atom stereocenters. The standard InChI is InChI=1S/C14H22F2O8S/c15-14(16,25(18,19)20)10-22-12(17)4-7-21-8-11-9-23-13(24-11)5-2-1-3-6-13/h11H,1-10H2,(H,18,19,20). The number of carbonyl (C=O) groups excluding carboxylic acids is 1. The molecule has 1 aliphatic carbocycles. The molecule has 2 fully saturated rings. The van der Waals surface area contributed by atoms with E-state index in [1.54, 1.807) is 0 Å². The normalized spacial score (nSPS) is 23.7. The van der Waals surface area contributed by atoms with E-state index in [9.17, 15) is 22.0 Å². The van der Waals surface area contributed by atoms with Crippen molar-refractivity contribution in [2.24, 2.45) is 0 Å². The lowest BCUT2D eigenvalue weighted by molar-refractivity contribution is -0.191. The molecule has 25 heavy (non-hydrogen) atoms. The first-order valence-corrected chi connectivity index (χ1v) is 9.48. The van der Waals surface area contributed by atoms with E-state index in [0.717, 1.165) is 32.1 Å². The maximum absolute atomic E-state index is 12.9. The Kier molecular flexibility index (Phi) is 6.71. The topological polar surface area (TPSA) is 108 Å². The van der Waals surface area contributed by atoms with Crippen molar-refractivity contribution >= 4 is 16.1 Å². The Morgan fingerprint density at radius 3 is 2.60 bits per heavy atom. The second kappa shape index (κ2) is 8.21. The minimum Gasteiger partial charge on any atom is -0.458 e. The minimum atomic E-state index is -5.62. The summed E-state index contributed by atoms with van der Waals surface area (Å²) in [6.07, 6.45) is 4.36. The molecule has 146 valence electrons. The lowest BCUT2D eigenvalue weighted by atomic mass is 9.94. The average molecular weight is 388 g/mol. The predicted molar refractivity (Wildman–Crippen MR) is 79.5 cm³/mol. The van der Waals surface area contributed by atoms with Gasteiger partial charge in [-0.05, 0) is 12.8 Å². The molecule has 1 atom stereocenters. The van der Waals surface area contributed by atoms with E-state index in [2.05, 4.69) is 4.74 Å². The van der Waals surface area contributed by atoms with Crippen molar-refractivity contribution in [3.05, 3.63) is 0 Å². The van der Waals surface area contributed by atoms with E-state index in [0.29, 0.717) is 6.61 Å². The highest BCUT2D eigenvalue weighted by Crippen LogP contribution is 2.37. The minimum absolute atomic E-state index is 0.0941. The SMILES string of the molecule is O=C(CCOCC1COC2(CCCCC2)O1)OCC(F)(F)S(=O)(=O)O. The van der Waals surface area contributed by atoms with Crippen LogP contribution >= 0.6 is 0 Å². The first-order valence-electron chi connectivity index (χ1n) is 8.04. The maximum Gasteiger partial charge on any atom is 0.402 e. The summed E-state index contributed by atoms with van der Waals surface area (Å²) in [6, 6.07) is 0. The molecule has 1 aliphatic heterocycles. The van der Waals surface area contributed by atoms with Gasteiger partial charge in [0.2, 0.25) is 0 Å². The van der Waals surface area contributed by atoms with E-state index in [4.69, 9.17) is 18.8 Å². The van der Waals surface area contributed by atoms with Crippen LogP contribution in [0.5, 0.6) is 0 Å². The number of alkyl halides is 2. The van der Waals surface area contributed by atoms with Crippen LogP contribution in [0.4, 0.5) is 8.78 Å². The summed E-state index contributed by atoms with van der Waals surface area (Å²) in [5.74, 6) is -1.58. The fourth-order valence-electron chi connectivity index (χ4n) is 2.73. The van der Waals surface area contributed by atoms with Crippen LogP contribution in [-0.4, -0.2) is 62.5 Å². The molecule has 1 N–H and O–H groups in total. The number of halogens is 2.